The fourth-order valence-corrected chi connectivity index (χ4v) is 2.78. The molecule has 1 aromatic heterocycles. The minimum Gasteiger partial charge on any atom is -0.491 e. The SMILES string of the molecule is Cc1[nH]ncc1-c1cccc(OC[C@@H](C)NC(=O)[C@H]2CCCO2)c1. The van der Waals surface area contributed by atoms with Crippen molar-refractivity contribution in [2.75, 3.05) is 13.2 Å². The van der Waals surface area contributed by atoms with Gasteiger partial charge in [-0.2, -0.15) is 5.10 Å². The predicted octanol–water partition coefficient (Wildman–Crippen LogP) is 2.45. The van der Waals surface area contributed by atoms with Crippen molar-refractivity contribution in [3.8, 4) is 16.9 Å². The van der Waals surface area contributed by atoms with Crippen LogP contribution in [-0.2, 0) is 9.53 Å². The van der Waals surface area contributed by atoms with E-state index in [0.29, 0.717) is 13.2 Å². The van der Waals surface area contributed by atoms with Gasteiger partial charge in [-0.3, -0.25) is 9.89 Å². The third-order valence-corrected chi connectivity index (χ3v) is 4.09. The van der Waals surface area contributed by atoms with Gasteiger partial charge in [-0.1, -0.05) is 12.1 Å². The molecule has 6 nitrogen and oxygen atoms in total. The van der Waals surface area contributed by atoms with Crippen molar-refractivity contribution in [1.82, 2.24) is 15.5 Å². The lowest BCUT2D eigenvalue weighted by Crippen LogP contribution is -2.42. The van der Waals surface area contributed by atoms with Crippen molar-refractivity contribution in [3.63, 3.8) is 0 Å². The van der Waals surface area contributed by atoms with Crippen LogP contribution >= 0.6 is 0 Å². The molecule has 6 heteroatoms. The van der Waals surface area contributed by atoms with E-state index in [-0.39, 0.29) is 18.1 Å². The zero-order chi connectivity index (χ0) is 16.9. The molecule has 1 amide bonds. The van der Waals surface area contributed by atoms with Gasteiger partial charge in [0.1, 0.15) is 18.5 Å². The Morgan fingerprint density at radius 2 is 2.42 bits per heavy atom. The summed E-state index contributed by atoms with van der Waals surface area (Å²) in [6.45, 7) is 4.99. The number of ether oxygens (including phenoxy) is 2. The number of aryl methyl sites for hydroxylation is 1. The molecule has 0 bridgehead atoms. The topological polar surface area (TPSA) is 76.2 Å². The summed E-state index contributed by atoms with van der Waals surface area (Å²) in [5.41, 5.74) is 3.12. The van der Waals surface area contributed by atoms with Gasteiger partial charge < -0.3 is 14.8 Å². The molecule has 1 aromatic carbocycles. The van der Waals surface area contributed by atoms with Crippen molar-refractivity contribution in [2.24, 2.45) is 0 Å². The fraction of sp³-hybridized carbons (Fsp3) is 0.444. The van der Waals surface area contributed by atoms with Gasteiger partial charge in [0.05, 0.1) is 12.2 Å². The summed E-state index contributed by atoms with van der Waals surface area (Å²) in [5.74, 6) is 0.720. The summed E-state index contributed by atoms with van der Waals surface area (Å²) in [5, 5.41) is 9.92. The van der Waals surface area contributed by atoms with E-state index in [2.05, 4.69) is 15.5 Å². The number of H-pyrrole nitrogens is 1. The van der Waals surface area contributed by atoms with Gasteiger partial charge in [0.15, 0.2) is 0 Å². The first kappa shape index (κ1) is 16.5. The number of nitrogens with zero attached hydrogens (tertiary/aromatic N) is 1. The minimum atomic E-state index is -0.306. The summed E-state index contributed by atoms with van der Waals surface area (Å²) in [4.78, 5) is 12.0. The first-order valence-corrected chi connectivity index (χ1v) is 8.28. The zero-order valence-electron chi connectivity index (χ0n) is 14.0. The molecule has 2 N–H and O–H groups in total. The summed E-state index contributed by atoms with van der Waals surface area (Å²) in [6.07, 6.45) is 3.24. The van der Waals surface area contributed by atoms with Gasteiger partial charge >= 0.3 is 0 Å². The highest BCUT2D eigenvalue weighted by Gasteiger charge is 2.24. The van der Waals surface area contributed by atoms with E-state index < -0.39 is 0 Å². The van der Waals surface area contributed by atoms with Crippen LogP contribution in [-0.4, -0.2) is 41.5 Å². The lowest BCUT2D eigenvalue weighted by Gasteiger charge is -2.17. The summed E-state index contributed by atoms with van der Waals surface area (Å²) >= 11 is 0. The van der Waals surface area contributed by atoms with E-state index in [1.807, 2.05) is 38.1 Å². The van der Waals surface area contributed by atoms with Gasteiger partial charge in [-0.05, 0) is 44.4 Å². The fourth-order valence-electron chi connectivity index (χ4n) is 2.78. The summed E-state index contributed by atoms with van der Waals surface area (Å²) in [7, 11) is 0. The van der Waals surface area contributed by atoms with Gasteiger partial charge in [0, 0.05) is 17.9 Å². The van der Waals surface area contributed by atoms with Crippen LogP contribution in [0.2, 0.25) is 0 Å². The average molecular weight is 329 g/mol. The van der Waals surface area contributed by atoms with E-state index in [4.69, 9.17) is 9.47 Å². The Hall–Kier alpha value is -2.34. The normalized spacial score (nSPS) is 18.3. The number of aromatic nitrogens is 2. The van der Waals surface area contributed by atoms with Gasteiger partial charge in [0.2, 0.25) is 5.91 Å². The number of amides is 1. The molecule has 1 aliphatic heterocycles. The molecule has 0 radical (unpaired) electrons. The molecule has 2 aromatic rings. The van der Waals surface area contributed by atoms with Crippen LogP contribution < -0.4 is 10.1 Å². The molecule has 24 heavy (non-hydrogen) atoms. The van der Waals surface area contributed by atoms with Crippen molar-refractivity contribution < 1.29 is 14.3 Å². The number of carbonyl (C=O) groups is 1. The molecule has 0 saturated carbocycles. The van der Waals surface area contributed by atoms with Crippen LogP contribution in [0.5, 0.6) is 5.75 Å². The zero-order valence-corrected chi connectivity index (χ0v) is 14.0. The van der Waals surface area contributed by atoms with Crippen LogP contribution in [0.3, 0.4) is 0 Å². The first-order chi connectivity index (χ1) is 11.6. The van der Waals surface area contributed by atoms with Crippen molar-refractivity contribution in [3.05, 3.63) is 36.2 Å². The van der Waals surface area contributed by atoms with E-state index in [1.54, 1.807) is 6.20 Å². The van der Waals surface area contributed by atoms with Crippen LogP contribution in [0.25, 0.3) is 11.1 Å². The number of rotatable bonds is 6. The standard InChI is InChI=1S/C18H23N3O3/c1-12(20-18(22)17-7-4-8-23-17)11-24-15-6-3-5-14(9-15)16-10-19-21-13(16)2/h3,5-6,9-10,12,17H,4,7-8,11H2,1-2H3,(H,19,21)(H,20,22)/t12-,17-/m1/s1. The predicted molar refractivity (Wildman–Crippen MR) is 90.8 cm³/mol. The maximum absolute atomic E-state index is 12.0. The van der Waals surface area contributed by atoms with E-state index in [1.165, 1.54) is 0 Å². The Labute approximate surface area is 141 Å². The Bertz CT molecular complexity index is 692. The lowest BCUT2D eigenvalue weighted by atomic mass is 10.1. The molecule has 2 atom stereocenters. The average Bonchev–Trinajstić information content (AvgIpc) is 3.24. The molecule has 0 unspecified atom stereocenters. The first-order valence-electron chi connectivity index (χ1n) is 8.28. The maximum Gasteiger partial charge on any atom is 0.249 e. The van der Waals surface area contributed by atoms with Gasteiger partial charge in [-0.25, -0.2) is 0 Å². The molecule has 1 saturated heterocycles. The Kier molecular flexibility index (Phi) is 5.15. The maximum atomic E-state index is 12.0. The van der Waals surface area contributed by atoms with Crippen LogP contribution in [0.4, 0.5) is 0 Å². The molecule has 128 valence electrons. The second kappa shape index (κ2) is 7.49. The third-order valence-electron chi connectivity index (χ3n) is 4.09. The second-order valence-corrected chi connectivity index (χ2v) is 6.16. The Balaban J connectivity index is 1.54. The Morgan fingerprint density at radius 1 is 1.54 bits per heavy atom. The molecule has 1 fully saturated rings. The van der Waals surface area contributed by atoms with Crippen LogP contribution in [0.15, 0.2) is 30.5 Å². The number of hydrogen-bond donors (Lipinski definition) is 2. The monoisotopic (exact) mass is 329 g/mol. The highest BCUT2D eigenvalue weighted by atomic mass is 16.5. The van der Waals surface area contributed by atoms with Crippen LogP contribution in [0.1, 0.15) is 25.5 Å². The Morgan fingerprint density at radius 3 is 3.12 bits per heavy atom. The van der Waals surface area contributed by atoms with E-state index in [9.17, 15) is 4.79 Å². The molecule has 1 aliphatic rings. The molecule has 0 spiro atoms. The molecule has 0 aliphatic carbocycles. The molecular weight excluding hydrogens is 306 g/mol. The summed E-state index contributed by atoms with van der Waals surface area (Å²) < 4.78 is 11.2. The quantitative estimate of drug-likeness (QED) is 0.853. The largest absolute Gasteiger partial charge is 0.491 e. The van der Waals surface area contributed by atoms with Crippen molar-refractivity contribution in [2.45, 2.75) is 38.8 Å². The third kappa shape index (κ3) is 3.94. The van der Waals surface area contributed by atoms with Gasteiger partial charge in [-0.15, -0.1) is 0 Å². The highest BCUT2D eigenvalue weighted by molar-refractivity contribution is 5.81. The van der Waals surface area contributed by atoms with Crippen molar-refractivity contribution in [1.29, 1.82) is 0 Å². The number of carbonyl (C=O) groups excluding carboxylic acids is 1. The van der Waals surface area contributed by atoms with Crippen LogP contribution in [0, 0.1) is 6.92 Å². The van der Waals surface area contributed by atoms with E-state index in [0.717, 1.165) is 35.4 Å². The van der Waals surface area contributed by atoms with E-state index >= 15 is 0 Å². The second-order valence-electron chi connectivity index (χ2n) is 6.16. The number of hydrogen-bond acceptors (Lipinski definition) is 4. The molecule has 2 heterocycles. The number of aromatic amines is 1. The molecule has 3 rings (SSSR count). The number of benzene rings is 1. The number of nitrogens with one attached hydrogen (secondary N) is 2. The lowest BCUT2D eigenvalue weighted by molar-refractivity contribution is -0.130. The van der Waals surface area contributed by atoms with Crippen molar-refractivity contribution >= 4 is 5.91 Å². The summed E-state index contributed by atoms with van der Waals surface area (Å²) in [6, 6.07) is 7.78. The van der Waals surface area contributed by atoms with Gasteiger partial charge in [0.25, 0.3) is 0 Å². The minimum absolute atomic E-state index is 0.0497. The molecular formula is C18H23N3O3. The smallest absolute Gasteiger partial charge is 0.249 e. The highest BCUT2D eigenvalue weighted by Crippen LogP contribution is 2.25.